The predicted molar refractivity (Wildman–Crippen MR) is 237 cm³/mol. The molecular formula is C52H31NO2S. The number of para-hydroxylation sites is 1. The van der Waals surface area contributed by atoms with Gasteiger partial charge in [0, 0.05) is 64.8 Å². The fraction of sp³-hybridized carbons (Fsp3) is 0. The number of nitrogens with zero attached hydrogens (tertiary/aromatic N) is 1. The van der Waals surface area contributed by atoms with Crippen LogP contribution in [0.4, 0.5) is 17.1 Å². The maximum absolute atomic E-state index is 6.56. The molecule has 3 heterocycles. The van der Waals surface area contributed by atoms with Crippen LogP contribution in [0.3, 0.4) is 0 Å². The zero-order chi connectivity index (χ0) is 36.7. The van der Waals surface area contributed by atoms with Crippen LogP contribution in [0.15, 0.2) is 197 Å². The third-order valence-corrected chi connectivity index (χ3v) is 12.5. The molecule has 3 nitrogen and oxygen atoms in total. The van der Waals surface area contributed by atoms with E-state index in [1.54, 1.807) is 0 Å². The van der Waals surface area contributed by atoms with Gasteiger partial charge in [0.1, 0.15) is 22.3 Å². The summed E-state index contributed by atoms with van der Waals surface area (Å²) in [7, 11) is 0. The number of hydrogen-bond acceptors (Lipinski definition) is 4. The van der Waals surface area contributed by atoms with Crippen molar-refractivity contribution in [1.82, 2.24) is 0 Å². The molecule has 0 radical (unpaired) electrons. The lowest BCUT2D eigenvalue weighted by atomic mass is 9.97. The van der Waals surface area contributed by atoms with Gasteiger partial charge in [0.05, 0.1) is 0 Å². The molecule has 9 aromatic carbocycles. The minimum absolute atomic E-state index is 0.861. The molecule has 0 spiro atoms. The third kappa shape index (κ3) is 4.83. The topological polar surface area (TPSA) is 29.5 Å². The highest BCUT2D eigenvalue weighted by atomic mass is 32.1. The zero-order valence-electron chi connectivity index (χ0n) is 30.1. The Morgan fingerprint density at radius 1 is 0.357 bits per heavy atom. The summed E-state index contributed by atoms with van der Waals surface area (Å²) >= 11 is 1.84. The first-order chi connectivity index (χ1) is 27.7. The Balaban J connectivity index is 1.03. The van der Waals surface area contributed by atoms with Crippen LogP contribution < -0.4 is 4.90 Å². The molecule has 12 rings (SSSR count). The van der Waals surface area contributed by atoms with Gasteiger partial charge < -0.3 is 13.7 Å². The highest BCUT2D eigenvalue weighted by molar-refractivity contribution is 7.26. The van der Waals surface area contributed by atoms with Crippen molar-refractivity contribution in [3.8, 4) is 22.3 Å². The van der Waals surface area contributed by atoms with Crippen LogP contribution in [0, 0.1) is 0 Å². The number of fused-ring (bicyclic) bond motifs is 11. The number of benzene rings is 9. The van der Waals surface area contributed by atoms with Crippen molar-refractivity contribution in [3.05, 3.63) is 188 Å². The maximum Gasteiger partial charge on any atom is 0.137 e. The Kier molecular flexibility index (Phi) is 6.80. The molecule has 0 aliphatic heterocycles. The molecule has 0 N–H and O–H groups in total. The summed E-state index contributed by atoms with van der Waals surface area (Å²) in [5.41, 5.74) is 11.3. The molecule has 0 saturated carbocycles. The Hall–Kier alpha value is -7.14. The molecule has 0 saturated heterocycles. The van der Waals surface area contributed by atoms with E-state index < -0.39 is 0 Å². The highest BCUT2D eigenvalue weighted by Gasteiger charge is 2.20. The monoisotopic (exact) mass is 733 g/mol. The number of anilines is 3. The van der Waals surface area contributed by atoms with E-state index in [-0.39, 0.29) is 0 Å². The lowest BCUT2D eigenvalue weighted by Gasteiger charge is -2.26. The van der Waals surface area contributed by atoms with Gasteiger partial charge in [0.2, 0.25) is 0 Å². The summed E-state index contributed by atoms with van der Waals surface area (Å²) in [5.74, 6) is 0. The van der Waals surface area contributed by atoms with Gasteiger partial charge in [0.15, 0.2) is 0 Å². The maximum atomic E-state index is 6.56. The molecule has 56 heavy (non-hydrogen) atoms. The Bertz CT molecular complexity index is 3500. The second-order valence-electron chi connectivity index (χ2n) is 14.5. The first-order valence-corrected chi connectivity index (χ1v) is 19.7. The van der Waals surface area contributed by atoms with Crippen LogP contribution >= 0.6 is 11.3 Å². The molecule has 0 amide bonds. The summed E-state index contributed by atoms with van der Waals surface area (Å²) in [6.07, 6.45) is 0. The van der Waals surface area contributed by atoms with E-state index in [9.17, 15) is 0 Å². The zero-order valence-corrected chi connectivity index (χ0v) is 30.9. The van der Waals surface area contributed by atoms with E-state index in [0.29, 0.717) is 0 Å². The van der Waals surface area contributed by atoms with Crippen molar-refractivity contribution in [2.24, 2.45) is 0 Å². The van der Waals surface area contributed by atoms with Crippen molar-refractivity contribution in [2.75, 3.05) is 4.90 Å². The van der Waals surface area contributed by atoms with E-state index in [1.807, 2.05) is 23.5 Å². The summed E-state index contributed by atoms with van der Waals surface area (Å²) in [5, 5.41) is 9.58. The van der Waals surface area contributed by atoms with Gasteiger partial charge in [-0.3, -0.25) is 0 Å². The summed E-state index contributed by atoms with van der Waals surface area (Å²) in [6, 6.07) is 67.2. The fourth-order valence-corrected chi connectivity index (χ4v) is 9.86. The van der Waals surface area contributed by atoms with Crippen molar-refractivity contribution in [1.29, 1.82) is 0 Å². The van der Waals surface area contributed by atoms with Crippen molar-refractivity contribution in [2.45, 2.75) is 0 Å². The standard InChI is InChI=1S/C52H31NO2S/c1-2-10-34-29-35(20-19-32(34)9-1)33-21-23-37(24-22-33)53(39-25-26-42-41-13-3-5-16-45(41)54-48(42)31-39)38-12-7-11-36(30-38)40-15-8-17-46-50(40)51-47(55-46)28-27-44-43-14-4-6-18-49(43)56-52(44)51/h1-31H. The van der Waals surface area contributed by atoms with Gasteiger partial charge in [-0.05, 0) is 106 Å². The second kappa shape index (κ2) is 12.2. The molecule has 0 aliphatic rings. The van der Waals surface area contributed by atoms with Crippen LogP contribution in [-0.2, 0) is 0 Å². The van der Waals surface area contributed by atoms with Gasteiger partial charge >= 0.3 is 0 Å². The van der Waals surface area contributed by atoms with Crippen LogP contribution in [0.25, 0.3) is 97.1 Å². The van der Waals surface area contributed by atoms with Crippen molar-refractivity contribution < 1.29 is 8.83 Å². The normalized spacial score (nSPS) is 11.9. The number of thiophene rings is 1. The summed E-state index contributed by atoms with van der Waals surface area (Å²) in [6.45, 7) is 0. The van der Waals surface area contributed by atoms with Gasteiger partial charge in [-0.15, -0.1) is 11.3 Å². The lowest BCUT2D eigenvalue weighted by molar-refractivity contribution is 0.668. The SMILES string of the molecule is c1cc(-c2cccc3oc4ccc5c6ccccc6sc5c4c23)cc(N(c2ccc(-c3ccc4ccccc4c3)cc2)c2ccc3c(c2)oc2ccccc23)c1. The van der Waals surface area contributed by atoms with Gasteiger partial charge in [-0.25, -0.2) is 0 Å². The smallest absolute Gasteiger partial charge is 0.137 e. The van der Waals surface area contributed by atoms with E-state index in [1.165, 1.54) is 47.5 Å². The second-order valence-corrected chi connectivity index (χ2v) is 15.5. The molecule has 0 aliphatic carbocycles. The molecule has 262 valence electrons. The van der Waals surface area contributed by atoms with Crippen LogP contribution in [-0.4, -0.2) is 0 Å². The summed E-state index contributed by atoms with van der Waals surface area (Å²) in [4.78, 5) is 2.33. The molecule has 4 heteroatoms. The number of furan rings is 2. The first kappa shape index (κ1) is 31.2. The number of hydrogen-bond donors (Lipinski definition) is 0. The Morgan fingerprint density at radius 3 is 1.96 bits per heavy atom. The van der Waals surface area contributed by atoms with Crippen LogP contribution in [0.2, 0.25) is 0 Å². The van der Waals surface area contributed by atoms with Gasteiger partial charge in [0.25, 0.3) is 0 Å². The minimum atomic E-state index is 0.861. The van der Waals surface area contributed by atoms with Crippen LogP contribution in [0.1, 0.15) is 0 Å². The summed E-state index contributed by atoms with van der Waals surface area (Å²) < 4.78 is 15.5. The van der Waals surface area contributed by atoms with Crippen molar-refractivity contribution in [3.63, 3.8) is 0 Å². The molecule has 0 bridgehead atoms. The largest absolute Gasteiger partial charge is 0.456 e. The van der Waals surface area contributed by atoms with Gasteiger partial charge in [-0.1, -0.05) is 109 Å². The molecular weight excluding hydrogens is 703 g/mol. The first-order valence-electron chi connectivity index (χ1n) is 18.9. The molecule has 12 aromatic rings. The molecule has 0 atom stereocenters. The average Bonchev–Trinajstić information content (AvgIpc) is 3.95. The highest BCUT2D eigenvalue weighted by Crippen LogP contribution is 2.46. The van der Waals surface area contributed by atoms with Gasteiger partial charge in [-0.2, -0.15) is 0 Å². The Morgan fingerprint density at radius 2 is 1.04 bits per heavy atom. The quantitative estimate of drug-likeness (QED) is 0.176. The van der Waals surface area contributed by atoms with E-state index >= 15 is 0 Å². The lowest BCUT2D eigenvalue weighted by Crippen LogP contribution is -2.10. The molecule has 3 aromatic heterocycles. The predicted octanol–water partition coefficient (Wildman–Crippen LogP) is 15.8. The fourth-order valence-electron chi connectivity index (χ4n) is 8.61. The van der Waals surface area contributed by atoms with E-state index in [0.717, 1.165) is 66.7 Å². The molecule has 0 unspecified atom stereocenters. The minimum Gasteiger partial charge on any atom is -0.456 e. The third-order valence-electron chi connectivity index (χ3n) is 11.2. The molecule has 0 fully saturated rings. The average molecular weight is 734 g/mol. The Labute approximate surface area is 325 Å². The van der Waals surface area contributed by atoms with Crippen LogP contribution in [0.5, 0.6) is 0 Å². The van der Waals surface area contributed by atoms with E-state index in [2.05, 4.69) is 181 Å². The van der Waals surface area contributed by atoms with Crippen molar-refractivity contribution >= 4 is 103 Å². The number of rotatable bonds is 5. The van der Waals surface area contributed by atoms with E-state index in [4.69, 9.17) is 8.83 Å².